The lowest BCUT2D eigenvalue weighted by Crippen LogP contribution is -2.52. The summed E-state index contributed by atoms with van der Waals surface area (Å²) >= 11 is 1.25. The molecule has 34 heavy (non-hydrogen) atoms. The number of aromatic nitrogens is 2. The monoisotopic (exact) mass is 480 g/mol. The topological polar surface area (TPSA) is 120 Å². The van der Waals surface area contributed by atoms with Crippen molar-refractivity contribution in [2.45, 2.75) is 12.6 Å². The Kier molecular flexibility index (Phi) is 6.14. The molecule has 3 aromatic rings. The van der Waals surface area contributed by atoms with E-state index in [0.29, 0.717) is 35.2 Å². The Morgan fingerprint density at radius 3 is 3.09 bits per heavy atom. The summed E-state index contributed by atoms with van der Waals surface area (Å²) in [5, 5.41) is 17.8. The Morgan fingerprint density at radius 2 is 2.26 bits per heavy atom. The van der Waals surface area contributed by atoms with E-state index in [9.17, 15) is 14.7 Å². The van der Waals surface area contributed by atoms with Crippen LogP contribution in [0, 0.1) is 0 Å². The van der Waals surface area contributed by atoms with E-state index in [2.05, 4.69) is 25.5 Å². The molecule has 1 unspecified atom stereocenters. The molecule has 1 aromatic carbocycles. The normalized spacial score (nSPS) is 17.6. The van der Waals surface area contributed by atoms with Crippen LogP contribution >= 0.6 is 11.3 Å². The van der Waals surface area contributed by atoms with Gasteiger partial charge in [0.05, 0.1) is 37.8 Å². The number of hydrogen-bond acceptors (Lipinski definition) is 9. The molecule has 2 aromatic heterocycles. The zero-order valence-corrected chi connectivity index (χ0v) is 19.3. The highest BCUT2D eigenvalue weighted by molar-refractivity contribution is 7.14. The van der Waals surface area contributed by atoms with Gasteiger partial charge in [0.25, 0.3) is 11.8 Å². The van der Waals surface area contributed by atoms with Crippen molar-refractivity contribution in [1.82, 2.24) is 15.3 Å². The van der Waals surface area contributed by atoms with Gasteiger partial charge >= 0.3 is 0 Å². The van der Waals surface area contributed by atoms with Gasteiger partial charge in [0, 0.05) is 42.8 Å². The summed E-state index contributed by atoms with van der Waals surface area (Å²) in [5.74, 6) is 0.0774. The van der Waals surface area contributed by atoms with Crippen LogP contribution in [0.15, 0.2) is 42.0 Å². The zero-order valence-electron chi connectivity index (χ0n) is 18.5. The number of amides is 2. The molecule has 4 heterocycles. The molecule has 10 nitrogen and oxygen atoms in total. The van der Waals surface area contributed by atoms with Crippen molar-refractivity contribution in [2.75, 3.05) is 48.5 Å². The fraction of sp³-hybridized carbons (Fsp3) is 0.304. The number of benzene rings is 1. The number of ether oxygens (including phenoxy) is 1. The van der Waals surface area contributed by atoms with E-state index >= 15 is 0 Å². The highest BCUT2D eigenvalue weighted by atomic mass is 32.1. The largest absolute Gasteiger partial charge is 0.497 e. The number of aliphatic hydroxyl groups is 1. The molecule has 11 heteroatoms. The van der Waals surface area contributed by atoms with Gasteiger partial charge in [-0.3, -0.25) is 19.5 Å². The summed E-state index contributed by atoms with van der Waals surface area (Å²) in [6.45, 7) is 2.53. The number of thiazole rings is 1. The van der Waals surface area contributed by atoms with Crippen LogP contribution in [-0.2, 0) is 6.54 Å². The van der Waals surface area contributed by atoms with Gasteiger partial charge in [0.15, 0.2) is 5.13 Å². The fourth-order valence-corrected chi connectivity index (χ4v) is 4.97. The smallest absolute Gasteiger partial charge is 0.275 e. The van der Waals surface area contributed by atoms with Crippen molar-refractivity contribution < 1.29 is 19.4 Å². The molecule has 1 fully saturated rings. The molecule has 0 spiro atoms. The maximum absolute atomic E-state index is 13.0. The quantitative estimate of drug-likeness (QED) is 0.488. The number of nitrogens with one attached hydrogen (secondary N) is 2. The molecule has 0 bridgehead atoms. The van der Waals surface area contributed by atoms with Crippen LogP contribution in [-0.4, -0.2) is 66.3 Å². The Bertz CT molecular complexity index is 1230. The molecule has 2 aliphatic rings. The minimum absolute atomic E-state index is 0.0337. The number of nitrogens with zero attached hydrogens (tertiary/aromatic N) is 4. The number of pyridine rings is 1. The van der Waals surface area contributed by atoms with Crippen molar-refractivity contribution in [1.29, 1.82) is 0 Å². The van der Waals surface area contributed by atoms with Gasteiger partial charge in [-0.1, -0.05) is 6.07 Å². The minimum Gasteiger partial charge on any atom is -0.497 e. The van der Waals surface area contributed by atoms with Gasteiger partial charge in [-0.25, -0.2) is 4.98 Å². The first-order chi connectivity index (χ1) is 16.6. The van der Waals surface area contributed by atoms with Crippen LogP contribution in [0.1, 0.15) is 26.4 Å². The lowest BCUT2D eigenvalue weighted by Gasteiger charge is -2.35. The predicted molar refractivity (Wildman–Crippen MR) is 129 cm³/mol. The first-order valence-electron chi connectivity index (χ1n) is 10.9. The fourth-order valence-electron chi connectivity index (χ4n) is 4.17. The summed E-state index contributed by atoms with van der Waals surface area (Å²) in [5.41, 5.74) is 3.10. The molecule has 1 atom stereocenters. The van der Waals surface area contributed by atoms with Gasteiger partial charge in [-0.15, -0.1) is 11.3 Å². The SMILES string of the molecule is COc1ccc2c(c1)C(=O)N(c1nc(C(=O)Nc3cnccc3N3CCNC(CO)C3)cs1)C2. The van der Waals surface area contributed by atoms with Crippen molar-refractivity contribution in [3.8, 4) is 5.75 Å². The van der Waals surface area contributed by atoms with Crippen LogP contribution in [0.4, 0.5) is 16.5 Å². The third-order valence-corrected chi connectivity index (χ3v) is 6.80. The lowest BCUT2D eigenvalue weighted by molar-refractivity contribution is 0.0991. The van der Waals surface area contributed by atoms with Crippen LogP contribution in [0.5, 0.6) is 5.75 Å². The van der Waals surface area contributed by atoms with E-state index in [1.54, 1.807) is 35.8 Å². The molecule has 3 N–H and O–H groups in total. The van der Waals surface area contributed by atoms with E-state index in [1.165, 1.54) is 11.3 Å². The van der Waals surface area contributed by atoms with Gasteiger partial charge in [0.1, 0.15) is 11.4 Å². The van der Waals surface area contributed by atoms with E-state index in [4.69, 9.17) is 4.74 Å². The second-order valence-electron chi connectivity index (χ2n) is 8.06. The number of anilines is 3. The zero-order chi connectivity index (χ0) is 23.7. The Hall–Kier alpha value is -3.54. The highest BCUT2D eigenvalue weighted by Gasteiger charge is 2.31. The number of hydrogen-bond donors (Lipinski definition) is 3. The van der Waals surface area contributed by atoms with Crippen molar-refractivity contribution in [3.05, 3.63) is 58.9 Å². The van der Waals surface area contributed by atoms with Crippen molar-refractivity contribution >= 4 is 39.7 Å². The average molecular weight is 481 g/mol. The maximum atomic E-state index is 13.0. The Balaban J connectivity index is 1.32. The number of carbonyl (C=O) groups excluding carboxylic acids is 2. The molecule has 5 rings (SSSR count). The van der Waals surface area contributed by atoms with Crippen LogP contribution in [0.3, 0.4) is 0 Å². The molecule has 0 radical (unpaired) electrons. The second-order valence-corrected chi connectivity index (χ2v) is 8.89. The lowest BCUT2D eigenvalue weighted by atomic mass is 10.1. The van der Waals surface area contributed by atoms with Crippen LogP contribution in [0.2, 0.25) is 0 Å². The molecule has 2 amide bonds. The third-order valence-electron chi connectivity index (χ3n) is 5.94. The molecule has 0 saturated carbocycles. The summed E-state index contributed by atoms with van der Waals surface area (Å²) < 4.78 is 5.23. The van der Waals surface area contributed by atoms with Gasteiger partial charge in [-0.05, 0) is 23.8 Å². The number of methoxy groups -OCH3 is 1. The first-order valence-corrected chi connectivity index (χ1v) is 11.7. The molecular weight excluding hydrogens is 456 g/mol. The second kappa shape index (κ2) is 9.37. The van der Waals surface area contributed by atoms with E-state index < -0.39 is 0 Å². The minimum atomic E-state index is -0.378. The average Bonchev–Trinajstić information content (AvgIpc) is 3.49. The number of piperazine rings is 1. The molecule has 176 valence electrons. The molecule has 1 saturated heterocycles. The maximum Gasteiger partial charge on any atom is 0.275 e. The third kappa shape index (κ3) is 4.20. The van der Waals surface area contributed by atoms with Gasteiger partial charge < -0.3 is 25.4 Å². The molecule has 0 aliphatic carbocycles. The van der Waals surface area contributed by atoms with Crippen molar-refractivity contribution in [3.63, 3.8) is 0 Å². The number of fused-ring (bicyclic) bond motifs is 1. The van der Waals surface area contributed by atoms with Gasteiger partial charge in [0.2, 0.25) is 0 Å². The van der Waals surface area contributed by atoms with Crippen molar-refractivity contribution in [2.24, 2.45) is 0 Å². The van der Waals surface area contributed by atoms with E-state index in [1.807, 2.05) is 18.2 Å². The van der Waals surface area contributed by atoms with Gasteiger partial charge in [-0.2, -0.15) is 0 Å². The standard InChI is InChI=1S/C23H24N6O4S/c1-33-16-3-2-14-10-29(22(32)17(14)8-16)23-27-19(13-34-23)21(31)26-18-9-24-5-4-20(18)28-7-6-25-15(11-28)12-30/h2-5,8-9,13,15,25,30H,6-7,10-12H2,1H3,(H,26,31). The summed E-state index contributed by atoms with van der Waals surface area (Å²) in [6, 6.07) is 7.22. The number of carbonyl (C=O) groups is 2. The summed E-state index contributed by atoms with van der Waals surface area (Å²) in [4.78, 5) is 38.2. The highest BCUT2D eigenvalue weighted by Crippen LogP contribution is 2.33. The van der Waals surface area contributed by atoms with E-state index in [-0.39, 0.29) is 30.2 Å². The summed E-state index contributed by atoms with van der Waals surface area (Å²) in [7, 11) is 1.56. The molecule has 2 aliphatic heterocycles. The molecular formula is C23H24N6O4S. The Morgan fingerprint density at radius 1 is 1.38 bits per heavy atom. The number of rotatable bonds is 6. The first kappa shape index (κ1) is 22.3. The summed E-state index contributed by atoms with van der Waals surface area (Å²) in [6.07, 6.45) is 3.28. The number of aliphatic hydroxyl groups excluding tert-OH is 1. The predicted octanol–water partition coefficient (Wildman–Crippen LogP) is 1.73. The van der Waals surface area contributed by atoms with Crippen LogP contribution < -0.4 is 25.2 Å². The van der Waals surface area contributed by atoms with E-state index in [0.717, 1.165) is 24.3 Å². The van der Waals surface area contributed by atoms with Crippen LogP contribution in [0.25, 0.3) is 0 Å². The Labute approximate surface area is 200 Å².